The first kappa shape index (κ1) is 15.5. The summed E-state index contributed by atoms with van der Waals surface area (Å²) >= 11 is 0. The first-order valence-electron chi connectivity index (χ1n) is 6.97. The molecule has 0 atom stereocenters. The summed E-state index contributed by atoms with van der Waals surface area (Å²) in [4.78, 5) is 18.6. The molecule has 0 N–H and O–H groups in total. The molecule has 1 amide bonds. The van der Waals surface area contributed by atoms with Crippen LogP contribution in [-0.2, 0) is 9.46 Å². The Kier molecular flexibility index (Phi) is 5.22. The fraction of sp³-hybridized carbons (Fsp3) is 0.923. The summed E-state index contributed by atoms with van der Waals surface area (Å²) in [5.74, 6) is 0. The molecule has 1 fully saturated rings. The van der Waals surface area contributed by atoms with Crippen molar-refractivity contribution in [1.29, 1.82) is 0 Å². The van der Waals surface area contributed by atoms with Gasteiger partial charge in [-0.15, -0.1) is 0 Å². The monoisotopic (exact) mass is 273 g/mol. The van der Waals surface area contributed by atoms with Crippen LogP contribution in [0.15, 0.2) is 0 Å². The Balaban J connectivity index is 2.68. The highest BCUT2D eigenvalue weighted by Gasteiger charge is 2.48. The topological polar surface area (TPSA) is 38.8 Å². The lowest BCUT2D eigenvalue weighted by Gasteiger charge is -2.40. The molecule has 0 aliphatic carbocycles. The summed E-state index contributed by atoms with van der Waals surface area (Å²) in [5, 5.41) is 0. The molecule has 1 heterocycles. The molecule has 0 bridgehead atoms. The molecule has 0 unspecified atom stereocenters. The summed E-state index contributed by atoms with van der Waals surface area (Å²) in [5.41, 5.74) is 1.25. The molecular weight excluding hydrogens is 246 g/mol. The van der Waals surface area contributed by atoms with Crippen LogP contribution in [0.4, 0.5) is 4.79 Å². The minimum Gasteiger partial charge on any atom is -0.306 e. The minimum atomic E-state index is -2.09. The Morgan fingerprint density at radius 1 is 1.00 bits per heavy atom. The molecule has 0 saturated carbocycles. The number of amides is 1. The number of nitrogens with zero attached hydrogens (tertiary/aromatic N) is 1. The number of carbonyl (C=O) groups is 1. The van der Waals surface area contributed by atoms with Gasteiger partial charge in [-0.25, -0.2) is 9.37 Å². The van der Waals surface area contributed by atoms with Gasteiger partial charge in [-0.3, -0.25) is 4.89 Å². The van der Waals surface area contributed by atoms with Gasteiger partial charge in [0.2, 0.25) is 0 Å². The van der Waals surface area contributed by atoms with Crippen molar-refractivity contribution in [3.05, 3.63) is 0 Å². The Hall–Kier alpha value is -0.553. The maximum atomic E-state index is 11.7. The van der Waals surface area contributed by atoms with E-state index in [1.54, 1.807) is 4.90 Å². The Bertz CT molecular complexity index is 266. The Morgan fingerprint density at radius 2 is 1.44 bits per heavy atom. The lowest BCUT2D eigenvalue weighted by molar-refractivity contribution is -0.174. The van der Waals surface area contributed by atoms with Gasteiger partial charge >= 0.3 is 6.09 Å². The van der Waals surface area contributed by atoms with Crippen molar-refractivity contribution in [3.8, 4) is 0 Å². The van der Waals surface area contributed by atoms with Crippen LogP contribution < -0.4 is 0 Å². The van der Waals surface area contributed by atoms with Crippen LogP contribution in [0.3, 0.4) is 0 Å². The van der Waals surface area contributed by atoms with Crippen molar-refractivity contribution < 1.29 is 14.3 Å². The van der Waals surface area contributed by atoms with E-state index in [4.69, 9.17) is 9.46 Å². The normalized spacial score (nSPS) is 16.4. The van der Waals surface area contributed by atoms with Gasteiger partial charge in [-0.2, -0.15) is 0 Å². The highest BCUT2D eigenvalue weighted by atomic mass is 28.4. The standard InChI is InChI=1S/C13H27NO3Si/c1-10(2)18(11(3)4,12(5)6)17-16-13(15)14-8-7-9-14/h10-12H,7-9H2,1-6H3. The molecule has 0 aromatic rings. The molecule has 5 heteroatoms. The lowest BCUT2D eigenvalue weighted by atomic mass is 10.2. The molecule has 4 nitrogen and oxygen atoms in total. The quantitative estimate of drug-likeness (QED) is 0.433. The molecule has 0 aromatic heterocycles. The van der Waals surface area contributed by atoms with E-state index in [1.807, 2.05) is 0 Å². The summed E-state index contributed by atoms with van der Waals surface area (Å²) in [6.07, 6.45) is 0.746. The molecule has 1 aliphatic rings. The number of carbonyl (C=O) groups excluding carboxylic acids is 1. The molecule has 1 aliphatic heterocycles. The van der Waals surface area contributed by atoms with Crippen LogP contribution in [0, 0.1) is 0 Å². The molecule has 1 rings (SSSR count). The maximum Gasteiger partial charge on any atom is 0.440 e. The van der Waals surface area contributed by atoms with E-state index in [0.29, 0.717) is 16.6 Å². The first-order valence-corrected chi connectivity index (χ1v) is 9.11. The van der Waals surface area contributed by atoms with Crippen LogP contribution >= 0.6 is 0 Å². The molecular formula is C13H27NO3Si. The fourth-order valence-electron chi connectivity index (χ4n) is 2.95. The van der Waals surface area contributed by atoms with Gasteiger partial charge in [0.1, 0.15) is 0 Å². The van der Waals surface area contributed by atoms with Crippen LogP contribution in [0.1, 0.15) is 48.0 Å². The third-order valence-corrected chi connectivity index (χ3v) is 9.86. The van der Waals surface area contributed by atoms with E-state index in [2.05, 4.69) is 41.5 Å². The second kappa shape index (κ2) is 6.06. The van der Waals surface area contributed by atoms with Crippen LogP contribution in [0.25, 0.3) is 0 Å². The van der Waals surface area contributed by atoms with E-state index in [1.165, 1.54) is 0 Å². The number of likely N-dealkylation sites (tertiary alicyclic amines) is 1. The highest BCUT2D eigenvalue weighted by Crippen LogP contribution is 2.42. The zero-order chi connectivity index (χ0) is 13.9. The van der Waals surface area contributed by atoms with Gasteiger partial charge in [0.15, 0.2) is 0 Å². The van der Waals surface area contributed by atoms with Crippen molar-refractivity contribution in [2.24, 2.45) is 0 Å². The Morgan fingerprint density at radius 3 is 1.72 bits per heavy atom. The fourth-order valence-corrected chi connectivity index (χ4v) is 7.74. The second-order valence-electron chi connectivity index (χ2n) is 6.09. The molecule has 0 radical (unpaired) electrons. The van der Waals surface area contributed by atoms with E-state index in [-0.39, 0.29) is 6.09 Å². The molecule has 1 saturated heterocycles. The third-order valence-electron chi connectivity index (χ3n) is 4.08. The van der Waals surface area contributed by atoms with Gasteiger partial charge < -0.3 is 4.90 Å². The van der Waals surface area contributed by atoms with Crippen molar-refractivity contribution in [2.75, 3.05) is 13.1 Å². The highest BCUT2D eigenvalue weighted by molar-refractivity contribution is 6.77. The summed E-state index contributed by atoms with van der Waals surface area (Å²) < 4.78 is 5.78. The van der Waals surface area contributed by atoms with Crippen molar-refractivity contribution in [2.45, 2.75) is 64.6 Å². The van der Waals surface area contributed by atoms with Crippen molar-refractivity contribution in [3.63, 3.8) is 0 Å². The molecule has 0 aromatic carbocycles. The van der Waals surface area contributed by atoms with Crippen molar-refractivity contribution >= 4 is 14.4 Å². The van der Waals surface area contributed by atoms with Crippen LogP contribution in [0.5, 0.6) is 0 Å². The summed E-state index contributed by atoms with van der Waals surface area (Å²) in [7, 11) is -2.09. The molecule has 0 spiro atoms. The third kappa shape index (κ3) is 2.88. The maximum absolute atomic E-state index is 11.7. The smallest absolute Gasteiger partial charge is 0.306 e. The predicted molar refractivity (Wildman–Crippen MR) is 74.8 cm³/mol. The number of hydrogen-bond donors (Lipinski definition) is 0. The number of hydrogen-bond acceptors (Lipinski definition) is 3. The zero-order valence-corrected chi connectivity index (χ0v) is 13.5. The zero-order valence-electron chi connectivity index (χ0n) is 12.5. The van der Waals surface area contributed by atoms with Gasteiger partial charge in [-0.1, -0.05) is 41.5 Å². The summed E-state index contributed by atoms with van der Waals surface area (Å²) in [6, 6.07) is 0. The van der Waals surface area contributed by atoms with Gasteiger partial charge in [0.05, 0.1) is 0 Å². The number of rotatable bonds is 5. The van der Waals surface area contributed by atoms with Crippen LogP contribution in [-0.4, -0.2) is 32.4 Å². The lowest BCUT2D eigenvalue weighted by Crippen LogP contribution is -2.50. The Labute approximate surface area is 112 Å². The SMILES string of the molecule is CC(C)[Si](OOC(=O)N1CCC1)(C(C)C)C(C)C. The van der Waals surface area contributed by atoms with Gasteiger partial charge in [-0.05, 0) is 23.0 Å². The molecule has 106 valence electrons. The molecule has 18 heavy (non-hydrogen) atoms. The average Bonchev–Trinajstić information content (AvgIpc) is 2.13. The van der Waals surface area contributed by atoms with Crippen molar-refractivity contribution in [1.82, 2.24) is 4.90 Å². The summed E-state index contributed by atoms with van der Waals surface area (Å²) in [6.45, 7) is 14.6. The van der Waals surface area contributed by atoms with E-state index in [0.717, 1.165) is 19.5 Å². The van der Waals surface area contributed by atoms with Crippen LogP contribution in [0.2, 0.25) is 16.6 Å². The first-order chi connectivity index (χ1) is 8.32. The minimum absolute atomic E-state index is 0.319. The van der Waals surface area contributed by atoms with E-state index >= 15 is 0 Å². The second-order valence-corrected chi connectivity index (χ2v) is 11.4. The van der Waals surface area contributed by atoms with Gasteiger partial charge in [0.25, 0.3) is 8.32 Å². The van der Waals surface area contributed by atoms with E-state index in [9.17, 15) is 4.79 Å². The average molecular weight is 273 g/mol. The largest absolute Gasteiger partial charge is 0.440 e. The van der Waals surface area contributed by atoms with Gasteiger partial charge in [0, 0.05) is 13.1 Å². The van der Waals surface area contributed by atoms with E-state index < -0.39 is 8.32 Å². The predicted octanol–water partition coefficient (Wildman–Crippen LogP) is 3.94.